The number of nitrogens with zero attached hydrogens (tertiary/aromatic N) is 7. The molecule has 3 aromatic rings. The molecule has 10 nitrogen and oxygen atoms in total. The summed E-state index contributed by atoms with van der Waals surface area (Å²) in [7, 11) is 3.00. The number of anilines is 1. The second-order valence-electron chi connectivity index (χ2n) is 9.44. The summed E-state index contributed by atoms with van der Waals surface area (Å²) in [6, 6.07) is 3.63. The van der Waals surface area contributed by atoms with Crippen molar-refractivity contribution in [3.05, 3.63) is 40.7 Å². The van der Waals surface area contributed by atoms with Crippen molar-refractivity contribution in [1.82, 2.24) is 34.6 Å². The standard InChI is InChI=1S/C24H28F2N8O2/c1-13-17(22-30-23(20(25)26)33(3)32-22)9-15-5-6-24(31-21(15)27-13)7-8-34(12-24)19(35)11-16-10-18(36-4)29-14(2)28-16/h9-10,20H,5-8,11-12H2,1-4H3,(H,27,31)/t24-/m0/s1. The van der Waals surface area contributed by atoms with Crippen LogP contribution >= 0.6 is 0 Å². The van der Waals surface area contributed by atoms with Crippen molar-refractivity contribution in [2.75, 3.05) is 25.5 Å². The number of carbonyl (C=O) groups is 1. The van der Waals surface area contributed by atoms with Crippen LogP contribution in [0.4, 0.5) is 14.6 Å². The molecule has 1 amide bonds. The van der Waals surface area contributed by atoms with Crippen LogP contribution in [0.15, 0.2) is 12.1 Å². The van der Waals surface area contributed by atoms with Crippen molar-refractivity contribution in [2.45, 2.75) is 51.5 Å². The van der Waals surface area contributed by atoms with Gasteiger partial charge in [-0.2, -0.15) is 10.1 Å². The minimum atomic E-state index is -2.70. The van der Waals surface area contributed by atoms with E-state index in [2.05, 4.69) is 25.4 Å². The second-order valence-corrected chi connectivity index (χ2v) is 9.44. The summed E-state index contributed by atoms with van der Waals surface area (Å²) in [5.41, 5.74) is 2.67. The third-order valence-corrected chi connectivity index (χ3v) is 6.90. The van der Waals surface area contributed by atoms with Gasteiger partial charge in [0.25, 0.3) is 6.43 Å². The molecule has 0 radical (unpaired) electrons. The van der Waals surface area contributed by atoms with Crippen molar-refractivity contribution < 1.29 is 18.3 Å². The molecule has 0 saturated carbocycles. The number of alkyl halides is 2. The fourth-order valence-corrected chi connectivity index (χ4v) is 5.01. The minimum absolute atomic E-state index is 0.00942. The molecule has 36 heavy (non-hydrogen) atoms. The predicted octanol–water partition coefficient (Wildman–Crippen LogP) is 2.80. The Kier molecular flexibility index (Phi) is 6.05. The number of pyridine rings is 1. The molecule has 12 heteroatoms. The van der Waals surface area contributed by atoms with Crippen molar-refractivity contribution in [2.24, 2.45) is 7.05 Å². The van der Waals surface area contributed by atoms with Gasteiger partial charge in [-0.1, -0.05) is 0 Å². The van der Waals surface area contributed by atoms with E-state index < -0.39 is 6.43 Å². The Morgan fingerprint density at radius 3 is 2.72 bits per heavy atom. The second kappa shape index (κ2) is 9.07. The first-order chi connectivity index (χ1) is 17.2. The maximum atomic E-state index is 13.2. The lowest BCUT2D eigenvalue weighted by molar-refractivity contribution is -0.129. The predicted molar refractivity (Wildman–Crippen MR) is 127 cm³/mol. The topological polar surface area (TPSA) is 111 Å². The summed E-state index contributed by atoms with van der Waals surface area (Å²) in [5.74, 6) is 1.65. The van der Waals surface area contributed by atoms with E-state index in [0.717, 1.165) is 35.3 Å². The Bertz CT molecular complexity index is 1330. The first-order valence-corrected chi connectivity index (χ1v) is 11.8. The Hall–Kier alpha value is -3.70. The molecule has 1 atom stereocenters. The lowest BCUT2D eigenvalue weighted by Gasteiger charge is -2.36. The molecule has 190 valence electrons. The number of ether oxygens (including phenoxy) is 1. The molecule has 1 fully saturated rings. The van der Waals surface area contributed by atoms with E-state index in [1.807, 2.05) is 17.9 Å². The summed E-state index contributed by atoms with van der Waals surface area (Å²) in [6.45, 7) is 4.81. The first-order valence-electron chi connectivity index (χ1n) is 11.8. The molecule has 5 heterocycles. The Morgan fingerprint density at radius 2 is 2.00 bits per heavy atom. The van der Waals surface area contributed by atoms with Gasteiger partial charge in [0.1, 0.15) is 11.6 Å². The van der Waals surface area contributed by atoms with Crippen molar-refractivity contribution in [3.63, 3.8) is 0 Å². The van der Waals surface area contributed by atoms with Crippen LogP contribution in [0.3, 0.4) is 0 Å². The maximum Gasteiger partial charge on any atom is 0.297 e. The molecule has 3 aromatic heterocycles. The van der Waals surface area contributed by atoms with Crippen LogP contribution in [-0.2, 0) is 24.7 Å². The van der Waals surface area contributed by atoms with Gasteiger partial charge in [-0.05, 0) is 44.7 Å². The number of rotatable bonds is 5. The average Bonchev–Trinajstić information content (AvgIpc) is 3.42. The van der Waals surface area contributed by atoms with Crippen molar-refractivity contribution in [3.8, 4) is 17.3 Å². The zero-order valence-corrected chi connectivity index (χ0v) is 20.7. The van der Waals surface area contributed by atoms with Gasteiger partial charge in [-0.3, -0.25) is 4.79 Å². The van der Waals surface area contributed by atoms with E-state index in [-0.39, 0.29) is 29.5 Å². The molecule has 0 aliphatic carbocycles. The van der Waals surface area contributed by atoms with Crippen LogP contribution in [0, 0.1) is 13.8 Å². The zero-order valence-electron chi connectivity index (χ0n) is 20.7. The van der Waals surface area contributed by atoms with Crippen LogP contribution in [-0.4, -0.2) is 66.3 Å². The number of halogens is 2. The van der Waals surface area contributed by atoms with E-state index in [1.54, 1.807) is 13.0 Å². The van der Waals surface area contributed by atoms with Gasteiger partial charge in [0.2, 0.25) is 11.8 Å². The molecule has 1 spiro atoms. The van der Waals surface area contributed by atoms with Gasteiger partial charge in [0.15, 0.2) is 11.6 Å². The lowest BCUT2D eigenvalue weighted by atomic mass is 9.86. The van der Waals surface area contributed by atoms with Gasteiger partial charge < -0.3 is 15.0 Å². The number of likely N-dealkylation sites (tertiary alicyclic amines) is 1. The molecule has 0 unspecified atom stereocenters. The van der Waals surface area contributed by atoms with Crippen LogP contribution < -0.4 is 10.1 Å². The van der Waals surface area contributed by atoms with Gasteiger partial charge in [0, 0.05) is 31.8 Å². The van der Waals surface area contributed by atoms with E-state index >= 15 is 0 Å². The van der Waals surface area contributed by atoms with Gasteiger partial charge >= 0.3 is 0 Å². The molecular formula is C24H28F2N8O2. The lowest BCUT2D eigenvalue weighted by Crippen LogP contribution is -2.45. The highest BCUT2D eigenvalue weighted by molar-refractivity contribution is 5.79. The highest BCUT2D eigenvalue weighted by atomic mass is 19.3. The molecular weight excluding hydrogens is 470 g/mol. The Morgan fingerprint density at radius 1 is 1.19 bits per heavy atom. The van der Waals surface area contributed by atoms with Crippen molar-refractivity contribution in [1.29, 1.82) is 0 Å². The van der Waals surface area contributed by atoms with Crippen LogP contribution in [0.5, 0.6) is 5.88 Å². The van der Waals surface area contributed by atoms with Crippen LogP contribution in [0.25, 0.3) is 11.4 Å². The summed E-state index contributed by atoms with van der Waals surface area (Å²) in [4.78, 5) is 32.2. The SMILES string of the molecule is COc1cc(CC(=O)N2CC[C@@]3(CCc4cc(-c5nc(C(F)F)n(C)n5)c(C)nc4N3)C2)nc(C)n1. The molecule has 5 rings (SSSR count). The quantitative estimate of drug-likeness (QED) is 0.572. The zero-order chi connectivity index (χ0) is 25.6. The Balaban J connectivity index is 1.31. The van der Waals surface area contributed by atoms with E-state index in [9.17, 15) is 13.6 Å². The highest BCUT2D eigenvalue weighted by Crippen LogP contribution is 2.38. The molecule has 1 N–H and O–H groups in total. The largest absolute Gasteiger partial charge is 0.481 e. The van der Waals surface area contributed by atoms with E-state index in [0.29, 0.717) is 41.7 Å². The molecule has 1 saturated heterocycles. The first kappa shape index (κ1) is 24.0. The number of aryl methyl sites for hydroxylation is 4. The number of fused-ring (bicyclic) bond motifs is 1. The van der Waals surface area contributed by atoms with Gasteiger partial charge in [-0.25, -0.2) is 28.4 Å². The van der Waals surface area contributed by atoms with Crippen LogP contribution in [0.2, 0.25) is 0 Å². The van der Waals surface area contributed by atoms with Crippen molar-refractivity contribution >= 4 is 11.7 Å². The summed E-state index contributed by atoms with van der Waals surface area (Å²) >= 11 is 0. The van der Waals surface area contributed by atoms with Crippen LogP contribution in [0.1, 0.15) is 47.9 Å². The summed E-state index contributed by atoms with van der Waals surface area (Å²) < 4.78 is 32.6. The number of aromatic nitrogens is 6. The number of carbonyl (C=O) groups excluding carboxylic acids is 1. The smallest absolute Gasteiger partial charge is 0.297 e. The monoisotopic (exact) mass is 498 g/mol. The number of hydrogen-bond acceptors (Lipinski definition) is 8. The number of amides is 1. The van der Waals surface area contributed by atoms with E-state index in [1.165, 1.54) is 14.2 Å². The van der Waals surface area contributed by atoms with Gasteiger partial charge in [-0.15, -0.1) is 0 Å². The number of nitrogens with one attached hydrogen (secondary N) is 1. The highest BCUT2D eigenvalue weighted by Gasteiger charge is 2.42. The molecule has 0 bridgehead atoms. The third-order valence-electron chi connectivity index (χ3n) is 6.90. The fraction of sp³-hybridized carbons (Fsp3) is 0.500. The summed E-state index contributed by atoms with van der Waals surface area (Å²) in [6.07, 6.45) is -0.123. The number of methoxy groups -OCH3 is 1. The molecule has 2 aliphatic heterocycles. The van der Waals surface area contributed by atoms with E-state index in [4.69, 9.17) is 9.72 Å². The fourth-order valence-electron chi connectivity index (χ4n) is 5.01. The number of hydrogen-bond donors (Lipinski definition) is 1. The minimum Gasteiger partial charge on any atom is -0.481 e. The average molecular weight is 499 g/mol. The van der Waals surface area contributed by atoms with Gasteiger partial charge in [0.05, 0.1) is 30.5 Å². The Labute approximate surface area is 207 Å². The molecule has 0 aromatic carbocycles. The maximum absolute atomic E-state index is 13.2. The third kappa shape index (κ3) is 4.47. The normalized spacial score (nSPS) is 19.0. The summed E-state index contributed by atoms with van der Waals surface area (Å²) in [5, 5.41) is 7.75. The molecule has 2 aliphatic rings.